The minimum Gasteiger partial charge on any atom is -0.470 e. The van der Waals surface area contributed by atoms with Crippen LogP contribution in [0.15, 0.2) is 54.6 Å². The van der Waals surface area contributed by atoms with Gasteiger partial charge in [-0.05, 0) is 36.9 Å². The lowest BCUT2D eigenvalue weighted by Crippen LogP contribution is -2.63. The van der Waals surface area contributed by atoms with Crippen LogP contribution in [0.4, 0.5) is 0 Å². The first-order valence-electron chi connectivity index (χ1n) is 9.15. The van der Waals surface area contributed by atoms with Gasteiger partial charge in [0.1, 0.15) is 5.75 Å². The third-order valence-electron chi connectivity index (χ3n) is 5.73. The number of likely N-dealkylation sites (tertiary alicyclic amines) is 1. The molecule has 1 N–H and O–H groups in total. The zero-order valence-corrected chi connectivity index (χ0v) is 15.5. The lowest BCUT2D eigenvalue weighted by molar-refractivity contribution is -0.157. The van der Waals surface area contributed by atoms with E-state index in [2.05, 4.69) is 52.7 Å². The fraction of sp³-hybridized carbons (Fsp3) is 0.333. The summed E-state index contributed by atoms with van der Waals surface area (Å²) in [5.41, 5.74) is 6.77. The lowest BCUT2D eigenvalue weighted by atomic mass is 9.93. The molecule has 0 saturated carbocycles. The molecule has 4 nitrogen and oxygen atoms in total. The summed E-state index contributed by atoms with van der Waals surface area (Å²) in [4.78, 5) is 2.36. The summed E-state index contributed by atoms with van der Waals surface area (Å²) in [5, 5.41) is 3.05. The van der Waals surface area contributed by atoms with Crippen molar-refractivity contribution in [2.75, 3.05) is 20.1 Å². The Bertz CT molecular complexity index is 859. The number of nitrogens with one attached hydrogen (secondary N) is 1. The van der Waals surface area contributed by atoms with E-state index in [9.17, 15) is 0 Å². The van der Waals surface area contributed by atoms with Crippen LogP contribution < -0.4 is 10.2 Å². The van der Waals surface area contributed by atoms with Crippen molar-refractivity contribution in [3.8, 4) is 5.75 Å². The van der Waals surface area contributed by atoms with Crippen molar-refractivity contribution in [1.82, 2.24) is 15.3 Å². The van der Waals surface area contributed by atoms with E-state index in [1.54, 1.807) is 0 Å². The van der Waals surface area contributed by atoms with Crippen LogP contribution in [0.3, 0.4) is 0 Å². The fourth-order valence-electron chi connectivity index (χ4n) is 4.24. The fourth-order valence-corrected chi connectivity index (χ4v) is 4.42. The van der Waals surface area contributed by atoms with Gasteiger partial charge in [-0.15, -0.1) is 0 Å². The molecule has 2 aromatic carbocycles. The van der Waals surface area contributed by atoms with Gasteiger partial charge in [0.05, 0.1) is 11.7 Å². The molecule has 2 aromatic rings. The summed E-state index contributed by atoms with van der Waals surface area (Å²) in [6, 6.07) is 16.6. The Morgan fingerprint density at radius 3 is 2.65 bits per heavy atom. The summed E-state index contributed by atoms with van der Waals surface area (Å²) >= 11 is 6.30. The number of fused-ring (bicyclic) bond motifs is 4. The van der Waals surface area contributed by atoms with Crippen LogP contribution in [0.25, 0.3) is 5.70 Å². The van der Waals surface area contributed by atoms with Gasteiger partial charge in [0.15, 0.2) is 5.72 Å². The average Bonchev–Trinajstić information content (AvgIpc) is 3.12. The van der Waals surface area contributed by atoms with Gasteiger partial charge in [-0.1, -0.05) is 41.9 Å². The summed E-state index contributed by atoms with van der Waals surface area (Å²) in [5.74, 6) is 0.951. The second kappa shape index (κ2) is 6.02. The molecule has 1 spiro atoms. The first-order valence-corrected chi connectivity index (χ1v) is 9.53. The summed E-state index contributed by atoms with van der Waals surface area (Å²) < 4.78 is 6.61. The normalized spacial score (nSPS) is 24.4. The predicted octanol–water partition coefficient (Wildman–Crippen LogP) is 4.06. The molecule has 3 aliphatic heterocycles. The molecule has 0 aromatic heterocycles. The summed E-state index contributed by atoms with van der Waals surface area (Å²) in [7, 11) is 2.17. The Morgan fingerprint density at radius 1 is 1.12 bits per heavy atom. The minimum absolute atomic E-state index is 0.121. The van der Waals surface area contributed by atoms with Crippen molar-refractivity contribution in [3.63, 3.8) is 0 Å². The number of hydrogen-bond donors (Lipinski definition) is 1. The van der Waals surface area contributed by atoms with E-state index in [0.29, 0.717) is 0 Å². The number of piperidine rings is 1. The van der Waals surface area contributed by atoms with Crippen molar-refractivity contribution in [2.45, 2.75) is 24.6 Å². The SMILES string of the molecule is CN1CCC2(CC1)Oc1ccc(Cl)cc1C1C=C(c3ccccc3)NN12. The highest BCUT2D eigenvalue weighted by molar-refractivity contribution is 6.30. The maximum Gasteiger partial charge on any atom is 0.182 e. The van der Waals surface area contributed by atoms with Crippen molar-refractivity contribution in [3.05, 3.63) is 70.8 Å². The van der Waals surface area contributed by atoms with Crippen molar-refractivity contribution in [2.24, 2.45) is 0 Å². The van der Waals surface area contributed by atoms with Crippen LogP contribution >= 0.6 is 11.6 Å². The van der Waals surface area contributed by atoms with E-state index in [0.717, 1.165) is 48.0 Å². The van der Waals surface area contributed by atoms with Gasteiger partial charge in [0.2, 0.25) is 0 Å². The van der Waals surface area contributed by atoms with Gasteiger partial charge >= 0.3 is 0 Å². The Balaban J connectivity index is 1.59. The van der Waals surface area contributed by atoms with Crippen molar-refractivity contribution < 1.29 is 4.74 Å². The molecule has 0 amide bonds. The molecular formula is C21H22ClN3O. The van der Waals surface area contributed by atoms with Gasteiger partial charge in [0, 0.05) is 36.5 Å². The summed E-state index contributed by atoms with van der Waals surface area (Å²) in [6.07, 6.45) is 4.23. The molecule has 1 fully saturated rings. The number of hydrogen-bond acceptors (Lipinski definition) is 4. The predicted molar refractivity (Wildman–Crippen MR) is 104 cm³/mol. The maximum absolute atomic E-state index is 6.61. The molecule has 5 heteroatoms. The smallest absolute Gasteiger partial charge is 0.182 e. The molecule has 1 unspecified atom stereocenters. The number of rotatable bonds is 1. The highest BCUT2D eigenvalue weighted by atomic mass is 35.5. The zero-order chi connectivity index (χ0) is 17.7. The lowest BCUT2D eigenvalue weighted by Gasteiger charge is -2.51. The molecule has 134 valence electrons. The van der Waals surface area contributed by atoms with Crippen LogP contribution in [-0.4, -0.2) is 35.8 Å². The van der Waals surface area contributed by atoms with Crippen molar-refractivity contribution >= 4 is 17.3 Å². The monoisotopic (exact) mass is 367 g/mol. The molecule has 26 heavy (non-hydrogen) atoms. The molecule has 0 radical (unpaired) electrons. The molecule has 0 bridgehead atoms. The molecule has 3 heterocycles. The highest BCUT2D eigenvalue weighted by Crippen LogP contribution is 2.48. The topological polar surface area (TPSA) is 27.7 Å². The van der Waals surface area contributed by atoms with E-state index in [-0.39, 0.29) is 11.8 Å². The standard InChI is InChI=1S/C21H22ClN3O/c1-24-11-9-21(10-12-24)25-19(17-13-16(22)7-8-20(17)26-21)14-18(23-25)15-5-3-2-4-6-15/h2-8,13-14,19,23H,9-12H2,1H3. The largest absolute Gasteiger partial charge is 0.470 e. The number of halogens is 1. The van der Waals surface area contributed by atoms with E-state index < -0.39 is 0 Å². The Hall–Kier alpha value is -2.01. The third-order valence-corrected chi connectivity index (χ3v) is 5.96. The Kier molecular flexibility index (Phi) is 3.74. The molecule has 1 atom stereocenters. The maximum atomic E-state index is 6.61. The second-order valence-corrected chi connectivity index (χ2v) is 7.84. The van der Waals surface area contributed by atoms with Gasteiger partial charge in [-0.25, -0.2) is 0 Å². The minimum atomic E-state index is -0.328. The van der Waals surface area contributed by atoms with E-state index >= 15 is 0 Å². The number of benzene rings is 2. The van der Waals surface area contributed by atoms with Crippen LogP contribution in [0.5, 0.6) is 5.75 Å². The zero-order valence-electron chi connectivity index (χ0n) is 14.8. The van der Waals surface area contributed by atoms with Crippen LogP contribution in [0.1, 0.15) is 30.0 Å². The Morgan fingerprint density at radius 2 is 1.88 bits per heavy atom. The van der Waals surface area contributed by atoms with Gasteiger partial charge < -0.3 is 15.1 Å². The molecule has 3 aliphatic rings. The van der Waals surface area contributed by atoms with E-state index in [1.165, 1.54) is 5.56 Å². The van der Waals surface area contributed by atoms with Gasteiger partial charge in [-0.3, -0.25) is 0 Å². The molecular weight excluding hydrogens is 346 g/mol. The first-order chi connectivity index (χ1) is 12.6. The van der Waals surface area contributed by atoms with Crippen LogP contribution in [-0.2, 0) is 0 Å². The molecule has 0 aliphatic carbocycles. The average molecular weight is 368 g/mol. The molecule has 1 saturated heterocycles. The van der Waals surface area contributed by atoms with Crippen LogP contribution in [0.2, 0.25) is 5.02 Å². The second-order valence-electron chi connectivity index (χ2n) is 7.41. The number of ether oxygens (including phenoxy) is 1. The van der Waals surface area contributed by atoms with Crippen LogP contribution in [0, 0.1) is 0 Å². The number of hydrazine groups is 1. The van der Waals surface area contributed by atoms with E-state index in [4.69, 9.17) is 16.3 Å². The quantitative estimate of drug-likeness (QED) is 0.822. The highest BCUT2D eigenvalue weighted by Gasteiger charge is 2.51. The number of nitrogens with zero attached hydrogens (tertiary/aromatic N) is 2. The van der Waals surface area contributed by atoms with Crippen molar-refractivity contribution in [1.29, 1.82) is 0 Å². The van der Waals surface area contributed by atoms with Gasteiger partial charge in [0.25, 0.3) is 0 Å². The first kappa shape index (κ1) is 16.2. The summed E-state index contributed by atoms with van der Waals surface area (Å²) in [6.45, 7) is 2.04. The van der Waals surface area contributed by atoms with E-state index in [1.807, 2.05) is 24.3 Å². The van der Waals surface area contributed by atoms with Gasteiger partial charge in [-0.2, -0.15) is 5.01 Å². The Labute approximate surface area is 159 Å². The molecule has 5 rings (SSSR count). The third kappa shape index (κ3) is 2.52.